The van der Waals surface area contributed by atoms with E-state index in [0.29, 0.717) is 5.92 Å². The number of rotatable bonds is 6. The fraction of sp³-hybridized carbons (Fsp3) is 0.269. The molecule has 1 heterocycles. The van der Waals surface area contributed by atoms with E-state index in [1.165, 1.54) is 16.4 Å². The SMILES string of the molecule is CCn1c2ccccc2c2cc(NC(=O)[C@H](C)Oc3ccccc3C(C)C)ccc21. The van der Waals surface area contributed by atoms with Crippen molar-refractivity contribution in [2.45, 2.75) is 46.3 Å². The number of ether oxygens (including phenoxy) is 1. The summed E-state index contributed by atoms with van der Waals surface area (Å²) in [6, 6.07) is 22.4. The first-order valence-electron chi connectivity index (χ1n) is 10.6. The van der Waals surface area contributed by atoms with Crippen molar-refractivity contribution in [2.75, 3.05) is 5.32 Å². The fourth-order valence-electron chi connectivity index (χ4n) is 4.02. The Morgan fingerprint density at radius 1 is 0.933 bits per heavy atom. The maximum atomic E-state index is 12.8. The highest BCUT2D eigenvalue weighted by molar-refractivity contribution is 6.10. The Bertz CT molecular complexity index is 1210. The Kier molecular flexibility index (Phi) is 5.49. The molecule has 4 rings (SSSR count). The fourth-order valence-corrected chi connectivity index (χ4v) is 4.02. The van der Waals surface area contributed by atoms with Gasteiger partial charge < -0.3 is 14.6 Å². The molecule has 4 heteroatoms. The topological polar surface area (TPSA) is 43.3 Å². The number of hydrogen-bond donors (Lipinski definition) is 1. The molecule has 4 nitrogen and oxygen atoms in total. The number of carbonyl (C=O) groups is 1. The van der Waals surface area contributed by atoms with Crippen LogP contribution in [-0.2, 0) is 11.3 Å². The van der Waals surface area contributed by atoms with E-state index in [0.717, 1.165) is 28.9 Å². The Hall–Kier alpha value is -3.27. The molecule has 1 aromatic heterocycles. The van der Waals surface area contributed by atoms with Gasteiger partial charge in [0, 0.05) is 34.0 Å². The molecule has 1 amide bonds. The summed E-state index contributed by atoms with van der Waals surface area (Å²) in [6.07, 6.45) is -0.599. The van der Waals surface area contributed by atoms with Crippen molar-refractivity contribution in [3.05, 3.63) is 72.3 Å². The molecule has 0 aliphatic carbocycles. The van der Waals surface area contributed by atoms with Gasteiger partial charge in [0.25, 0.3) is 5.91 Å². The van der Waals surface area contributed by atoms with Gasteiger partial charge in [-0.1, -0.05) is 50.2 Å². The van der Waals surface area contributed by atoms with Gasteiger partial charge >= 0.3 is 0 Å². The minimum absolute atomic E-state index is 0.160. The zero-order chi connectivity index (χ0) is 21.3. The van der Waals surface area contributed by atoms with Crippen molar-refractivity contribution >= 4 is 33.4 Å². The van der Waals surface area contributed by atoms with E-state index in [1.54, 1.807) is 6.92 Å². The van der Waals surface area contributed by atoms with Crippen LogP contribution in [0.3, 0.4) is 0 Å². The first kappa shape index (κ1) is 20.0. The Morgan fingerprint density at radius 2 is 1.63 bits per heavy atom. The molecular formula is C26H28N2O2. The number of aromatic nitrogens is 1. The van der Waals surface area contributed by atoms with Gasteiger partial charge in [0.05, 0.1) is 0 Å². The highest BCUT2D eigenvalue weighted by atomic mass is 16.5. The summed E-state index contributed by atoms with van der Waals surface area (Å²) in [4.78, 5) is 12.8. The van der Waals surface area contributed by atoms with Crippen LogP contribution in [0.2, 0.25) is 0 Å². The molecule has 0 aliphatic heterocycles. The number of amides is 1. The number of hydrogen-bond acceptors (Lipinski definition) is 2. The summed E-state index contributed by atoms with van der Waals surface area (Å²) in [7, 11) is 0. The van der Waals surface area contributed by atoms with Crippen molar-refractivity contribution in [2.24, 2.45) is 0 Å². The van der Waals surface area contributed by atoms with Crippen LogP contribution >= 0.6 is 0 Å². The van der Waals surface area contributed by atoms with E-state index in [2.05, 4.69) is 67.1 Å². The molecule has 154 valence electrons. The first-order chi connectivity index (χ1) is 14.5. The van der Waals surface area contributed by atoms with E-state index in [4.69, 9.17) is 4.74 Å². The predicted octanol–water partition coefficient (Wildman–Crippen LogP) is 6.34. The molecular weight excluding hydrogens is 372 g/mol. The third-order valence-corrected chi connectivity index (χ3v) is 5.57. The van der Waals surface area contributed by atoms with Crippen molar-refractivity contribution < 1.29 is 9.53 Å². The van der Waals surface area contributed by atoms with Crippen molar-refractivity contribution in [1.82, 2.24) is 4.57 Å². The molecule has 3 aromatic carbocycles. The van der Waals surface area contributed by atoms with Crippen LogP contribution in [0.15, 0.2) is 66.7 Å². The summed E-state index contributed by atoms with van der Waals surface area (Å²) >= 11 is 0. The second-order valence-electron chi connectivity index (χ2n) is 7.94. The molecule has 0 spiro atoms. The zero-order valence-electron chi connectivity index (χ0n) is 18.0. The number of fused-ring (bicyclic) bond motifs is 3. The molecule has 0 radical (unpaired) electrons. The van der Waals surface area contributed by atoms with Crippen molar-refractivity contribution in [1.29, 1.82) is 0 Å². The number of anilines is 1. The van der Waals surface area contributed by atoms with Crippen LogP contribution in [0.5, 0.6) is 5.75 Å². The largest absolute Gasteiger partial charge is 0.481 e. The minimum atomic E-state index is -0.599. The van der Waals surface area contributed by atoms with Crippen molar-refractivity contribution in [3.8, 4) is 5.75 Å². The van der Waals surface area contributed by atoms with Gasteiger partial charge in [-0.2, -0.15) is 0 Å². The minimum Gasteiger partial charge on any atom is -0.481 e. The third-order valence-electron chi connectivity index (χ3n) is 5.57. The van der Waals surface area contributed by atoms with E-state index in [9.17, 15) is 4.79 Å². The number of nitrogens with one attached hydrogen (secondary N) is 1. The second kappa shape index (κ2) is 8.23. The summed E-state index contributed by atoms with van der Waals surface area (Å²) in [5, 5.41) is 5.36. The summed E-state index contributed by atoms with van der Waals surface area (Å²) in [5.41, 5.74) is 4.26. The lowest BCUT2D eigenvalue weighted by Gasteiger charge is -2.18. The van der Waals surface area contributed by atoms with Crippen LogP contribution in [0, 0.1) is 0 Å². The number of benzene rings is 3. The predicted molar refractivity (Wildman–Crippen MR) is 124 cm³/mol. The van der Waals surface area contributed by atoms with Crippen LogP contribution < -0.4 is 10.1 Å². The molecule has 0 saturated carbocycles. The average molecular weight is 401 g/mol. The summed E-state index contributed by atoms with van der Waals surface area (Å²) in [6.45, 7) is 9.07. The third kappa shape index (κ3) is 3.65. The Balaban J connectivity index is 1.58. The van der Waals surface area contributed by atoms with Gasteiger partial charge in [-0.05, 0) is 55.7 Å². The molecule has 1 atom stereocenters. The first-order valence-corrected chi connectivity index (χ1v) is 10.6. The van der Waals surface area contributed by atoms with Crippen LogP contribution in [0.1, 0.15) is 39.2 Å². The summed E-state index contributed by atoms with van der Waals surface area (Å²) < 4.78 is 8.30. The lowest BCUT2D eigenvalue weighted by molar-refractivity contribution is -0.122. The van der Waals surface area contributed by atoms with Gasteiger partial charge in [0.1, 0.15) is 5.75 Å². The monoisotopic (exact) mass is 400 g/mol. The molecule has 0 bridgehead atoms. The van der Waals surface area contributed by atoms with Gasteiger partial charge in [-0.3, -0.25) is 4.79 Å². The number of carbonyl (C=O) groups excluding carboxylic acids is 1. The lowest BCUT2D eigenvalue weighted by Crippen LogP contribution is -2.30. The quantitative estimate of drug-likeness (QED) is 0.410. The average Bonchev–Trinajstić information content (AvgIpc) is 3.07. The maximum absolute atomic E-state index is 12.8. The van der Waals surface area contributed by atoms with Crippen LogP contribution in [0.25, 0.3) is 21.8 Å². The van der Waals surface area contributed by atoms with Gasteiger partial charge in [0.15, 0.2) is 6.10 Å². The Morgan fingerprint density at radius 3 is 2.40 bits per heavy atom. The van der Waals surface area contributed by atoms with Gasteiger partial charge in [0.2, 0.25) is 0 Å². The second-order valence-corrected chi connectivity index (χ2v) is 7.94. The standard InChI is InChI=1S/C26H28N2O2/c1-5-28-23-12-8-6-11-21(23)22-16-19(14-15-24(22)28)27-26(29)18(4)30-25-13-9-7-10-20(25)17(2)3/h6-18H,5H2,1-4H3,(H,27,29)/t18-/m0/s1. The van der Waals surface area contributed by atoms with Crippen LogP contribution in [-0.4, -0.2) is 16.6 Å². The van der Waals surface area contributed by atoms with Crippen molar-refractivity contribution in [3.63, 3.8) is 0 Å². The highest BCUT2D eigenvalue weighted by Gasteiger charge is 2.18. The van der Waals surface area contributed by atoms with Gasteiger partial charge in [-0.15, -0.1) is 0 Å². The smallest absolute Gasteiger partial charge is 0.265 e. The van der Waals surface area contributed by atoms with E-state index in [-0.39, 0.29) is 5.91 Å². The number of aryl methyl sites for hydroxylation is 1. The highest BCUT2D eigenvalue weighted by Crippen LogP contribution is 2.31. The molecule has 0 aliphatic rings. The van der Waals surface area contributed by atoms with Crippen LogP contribution in [0.4, 0.5) is 5.69 Å². The summed E-state index contributed by atoms with van der Waals surface area (Å²) in [5.74, 6) is 0.929. The number of para-hydroxylation sites is 2. The molecule has 0 unspecified atom stereocenters. The maximum Gasteiger partial charge on any atom is 0.265 e. The van der Waals surface area contributed by atoms with E-state index < -0.39 is 6.10 Å². The molecule has 1 N–H and O–H groups in total. The number of nitrogens with zero attached hydrogens (tertiary/aromatic N) is 1. The van der Waals surface area contributed by atoms with E-state index in [1.807, 2.05) is 30.3 Å². The molecule has 4 aromatic rings. The molecule has 30 heavy (non-hydrogen) atoms. The normalized spacial score (nSPS) is 12.4. The molecule has 0 saturated heterocycles. The van der Waals surface area contributed by atoms with Gasteiger partial charge in [-0.25, -0.2) is 0 Å². The molecule has 0 fully saturated rings. The zero-order valence-corrected chi connectivity index (χ0v) is 18.0. The Labute approximate surface area is 177 Å². The van der Waals surface area contributed by atoms with E-state index >= 15 is 0 Å². The lowest BCUT2D eigenvalue weighted by atomic mass is 10.0.